The van der Waals surface area contributed by atoms with Crippen molar-refractivity contribution in [1.29, 1.82) is 0 Å². The van der Waals surface area contributed by atoms with Crippen molar-refractivity contribution in [2.75, 3.05) is 28.7 Å². The molecule has 316 valence electrons. The van der Waals surface area contributed by atoms with E-state index >= 15 is 0 Å². The Hall–Kier alpha value is -3.99. The molecule has 6 aromatic rings. The molecule has 0 amide bonds. The summed E-state index contributed by atoms with van der Waals surface area (Å²) in [5.41, 5.74) is 14.0. The van der Waals surface area contributed by atoms with Gasteiger partial charge in [-0.3, -0.25) is 0 Å². The average molecular weight is 881 g/mol. The summed E-state index contributed by atoms with van der Waals surface area (Å²) in [7, 11) is 0. The number of rotatable bonds is 10. The van der Waals surface area contributed by atoms with Gasteiger partial charge >= 0.3 is 0 Å². The summed E-state index contributed by atoms with van der Waals surface area (Å²) in [5, 5.41) is 0.389. The average Bonchev–Trinajstić information content (AvgIpc) is 3.76. The van der Waals surface area contributed by atoms with E-state index in [0.717, 1.165) is 13.1 Å². The Morgan fingerprint density at radius 2 is 0.717 bits per heavy atom. The smallest absolute Gasteiger partial charge is 0.229 e. The molecule has 1 heterocycles. The SMILES string of the molecule is CC(C)c1cccc(C(C)C)c1N1C=[N+](c2c(C(C)C)cccc2C(C)C)CC1.ClCCl.ClCCl.c1ccc([B-](c2ccccc2)(c2ccccc2)c2ccccc2)cc1. The van der Waals surface area contributed by atoms with Crippen molar-refractivity contribution in [3.05, 3.63) is 180 Å². The second kappa shape index (κ2) is 24.5. The highest BCUT2D eigenvalue weighted by Crippen LogP contribution is 2.38. The van der Waals surface area contributed by atoms with Crippen molar-refractivity contribution >= 4 is 92.1 Å². The second-order valence-corrected chi connectivity index (χ2v) is 18.0. The summed E-state index contributed by atoms with van der Waals surface area (Å²) in [6.45, 7) is 20.5. The molecule has 0 aliphatic carbocycles. The van der Waals surface area contributed by atoms with Gasteiger partial charge in [0.05, 0.1) is 10.7 Å². The zero-order valence-electron chi connectivity index (χ0n) is 36.7. The minimum absolute atomic E-state index is 0.194. The van der Waals surface area contributed by atoms with Crippen molar-refractivity contribution in [2.45, 2.75) is 79.1 Å². The molecule has 0 bridgehead atoms. The third-order valence-electron chi connectivity index (χ3n) is 11.3. The van der Waals surface area contributed by atoms with Gasteiger partial charge in [0.25, 0.3) is 0 Å². The lowest BCUT2D eigenvalue weighted by Gasteiger charge is -2.44. The van der Waals surface area contributed by atoms with Crippen molar-refractivity contribution in [3.8, 4) is 0 Å². The van der Waals surface area contributed by atoms with E-state index < -0.39 is 6.15 Å². The fourth-order valence-electron chi connectivity index (χ4n) is 8.65. The van der Waals surface area contributed by atoms with E-state index in [2.05, 4.69) is 229 Å². The number of benzene rings is 6. The van der Waals surface area contributed by atoms with Crippen molar-refractivity contribution in [1.82, 2.24) is 0 Å². The number of hydrogen-bond acceptors (Lipinski definition) is 1. The molecular weight excluding hydrogens is 817 g/mol. The second-order valence-electron chi connectivity index (χ2n) is 16.4. The van der Waals surface area contributed by atoms with Crippen molar-refractivity contribution < 1.29 is 4.58 Å². The first-order valence-electron chi connectivity index (χ1n) is 21.2. The molecule has 1 aliphatic rings. The molecule has 0 atom stereocenters. The molecule has 7 heteroatoms. The van der Waals surface area contributed by atoms with Crippen LogP contribution in [-0.4, -0.2) is 40.8 Å². The van der Waals surface area contributed by atoms with E-state index in [-0.39, 0.29) is 10.7 Å². The van der Waals surface area contributed by atoms with Crippen LogP contribution in [0.4, 0.5) is 11.4 Å². The van der Waals surface area contributed by atoms with E-state index in [4.69, 9.17) is 46.4 Å². The normalized spacial score (nSPS) is 12.3. The first kappa shape index (κ1) is 48.7. The molecule has 0 aromatic heterocycles. The molecule has 0 fully saturated rings. The predicted octanol–water partition coefficient (Wildman–Crippen LogP) is 13.3. The Morgan fingerprint density at radius 1 is 0.433 bits per heavy atom. The van der Waals surface area contributed by atoms with Gasteiger partial charge in [0.2, 0.25) is 6.34 Å². The first-order chi connectivity index (χ1) is 29.0. The number of para-hydroxylation sites is 2. The highest BCUT2D eigenvalue weighted by atomic mass is 35.5. The van der Waals surface area contributed by atoms with E-state index in [0.29, 0.717) is 23.7 Å². The zero-order valence-corrected chi connectivity index (χ0v) is 39.7. The molecule has 0 saturated carbocycles. The van der Waals surface area contributed by atoms with Crippen LogP contribution in [-0.2, 0) is 0 Å². The van der Waals surface area contributed by atoms with E-state index in [1.165, 1.54) is 55.5 Å². The maximum atomic E-state index is 4.76. The Bertz CT molecular complexity index is 1960. The highest BCUT2D eigenvalue weighted by molar-refractivity contribution is 7.19. The largest absolute Gasteiger partial charge is 0.244 e. The van der Waals surface area contributed by atoms with Crippen LogP contribution in [0.3, 0.4) is 0 Å². The van der Waals surface area contributed by atoms with Gasteiger partial charge in [-0.1, -0.05) is 213 Å². The van der Waals surface area contributed by atoms with Crippen LogP contribution in [0.1, 0.15) is 101 Å². The number of anilines is 1. The van der Waals surface area contributed by atoms with Gasteiger partial charge in [0, 0.05) is 22.3 Å². The van der Waals surface area contributed by atoms with Crippen LogP contribution in [0.15, 0.2) is 158 Å². The maximum Gasteiger partial charge on any atom is 0.244 e. The van der Waals surface area contributed by atoms with Gasteiger partial charge in [0.15, 0.2) is 0 Å². The van der Waals surface area contributed by atoms with Crippen LogP contribution in [0.2, 0.25) is 0 Å². The molecule has 2 nitrogen and oxygen atoms in total. The quantitative estimate of drug-likeness (QED) is 0.0755. The molecule has 1 aliphatic heterocycles. The van der Waals surface area contributed by atoms with Gasteiger partial charge in [-0.05, 0) is 23.7 Å². The van der Waals surface area contributed by atoms with Gasteiger partial charge in [-0.15, -0.1) is 46.4 Å². The Balaban J connectivity index is 0.000000236. The van der Waals surface area contributed by atoms with Crippen LogP contribution in [0.25, 0.3) is 0 Å². The number of nitrogens with zero attached hydrogens (tertiary/aromatic N) is 2. The molecule has 0 unspecified atom stereocenters. The molecule has 0 saturated heterocycles. The first-order valence-corrected chi connectivity index (χ1v) is 23.4. The lowest BCUT2D eigenvalue weighted by molar-refractivity contribution is -0.425. The van der Waals surface area contributed by atoms with E-state index in [1.807, 2.05) is 0 Å². The fourth-order valence-corrected chi connectivity index (χ4v) is 8.65. The summed E-state index contributed by atoms with van der Waals surface area (Å²) in [6.07, 6.45) is 1.16. The maximum absolute atomic E-state index is 4.76. The third kappa shape index (κ3) is 11.9. The predicted molar refractivity (Wildman–Crippen MR) is 271 cm³/mol. The van der Waals surface area contributed by atoms with Crippen LogP contribution >= 0.6 is 46.4 Å². The summed E-state index contributed by atoms with van der Waals surface area (Å²) >= 11 is 19.1. The van der Waals surface area contributed by atoms with Crippen LogP contribution < -0.4 is 26.8 Å². The summed E-state index contributed by atoms with van der Waals surface area (Å²) in [5.74, 6) is 2.06. The minimum atomic E-state index is -1.22. The number of halogens is 4. The standard InChI is InChI=1S/C27H39N2.C24H20B.2CH2Cl2/c1-18(2)22-11-9-12-23(19(3)4)26(22)28-15-16-29(17-28)27-24(20(5)6)13-10-14-25(27)21(7)8;1-5-13-21(14-6-1)25(22-15-7-2-8-16-22,23-17-9-3-10-18-23)24-19-11-4-12-20-24;2*2-1-3/h9-14,17-21H,15-16H2,1-8H3;1-20H;2*1H2/q+1;-1;;. The number of hydrogen-bond donors (Lipinski definition) is 0. The monoisotopic (exact) mass is 878 g/mol. The van der Waals surface area contributed by atoms with E-state index in [9.17, 15) is 0 Å². The lowest BCUT2D eigenvalue weighted by Crippen LogP contribution is -2.74. The Morgan fingerprint density at radius 3 is 1.00 bits per heavy atom. The minimum Gasteiger partial charge on any atom is -0.229 e. The summed E-state index contributed by atoms with van der Waals surface area (Å²) in [4.78, 5) is 2.51. The van der Waals surface area contributed by atoms with Crippen molar-refractivity contribution in [3.63, 3.8) is 0 Å². The number of alkyl halides is 4. The third-order valence-corrected chi connectivity index (χ3v) is 11.3. The molecule has 7 rings (SSSR count). The fraction of sp³-hybridized carbons (Fsp3) is 0.302. The van der Waals surface area contributed by atoms with Gasteiger partial charge < -0.3 is 0 Å². The Labute approximate surface area is 382 Å². The molecule has 0 spiro atoms. The van der Waals surface area contributed by atoms with E-state index in [1.54, 1.807) is 0 Å². The molecule has 6 aromatic carbocycles. The van der Waals surface area contributed by atoms with Crippen molar-refractivity contribution in [2.24, 2.45) is 0 Å². The van der Waals surface area contributed by atoms with Crippen LogP contribution in [0, 0.1) is 0 Å². The zero-order chi connectivity index (χ0) is 43.7. The van der Waals surface area contributed by atoms with Gasteiger partial charge in [0.1, 0.15) is 30.6 Å². The molecule has 0 radical (unpaired) electrons. The molecule has 0 N–H and O–H groups in total. The molecular formula is C53H63BCl4N2. The topological polar surface area (TPSA) is 6.25 Å². The van der Waals surface area contributed by atoms with Gasteiger partial charge in [-0.2, -0.15) is 21.9 Å². The van der Waals surface area contributed by atoms with Crippen LogP contribution in [0.5, 0.6) is 0 Å². The highest BCUT2D eigenvalue weighted by Gasteiger charge is 2.32. The van der Waals surface area contributed by atoms with Gasteiger partial charge in [-0.25, -0.2) is 9.48 Å². The summed E-state index contributed by atoms with van der Waals surface area (Å²) < 4.78 is 2.51. The lowest BCUT2D eigenvalue weighted by atomic mass is 9.13. The molecule has 60 heavy (non-hydrogen) atoms. The Kier molecular flexibility index (Phi) is 19.8. The summed E-state index contributed by atoms with van der Waals surface area (Å²) in [6, 6.07) is 57.2.